The van der Waals surface area contributed by atoms with Gasteiger partial charge in [0.2, 0.25) is 0 Å². The summed E-state index contributed by atoms with van der Waals surface area (Å²) in [6.45, 7) is 12.2. The summed E-state index contributed by atoms with van der Waals surface area (Å²) in [7, 11) is 0. The SMILES string of the molecule is CC(C)Cn1cc([C@H](C)C(C)C)cn1. The highest BCUT2D eigenvalue weighted by Gasteiger charge is 2.11. The number of aromatic nitrogens is 2. The second-order valence-electron chi connectivity index (χ2n) is 4.92. The van der Waals surface area contributed by atoms with Crippen molar-refractivity contribution in [2.45, 2.75) is 47.1 Å². The van der Waals surface area contributed by atoms with E-state index in [1.807, 2.05) is 6.20 Å². The smallest absolute Gasteiger partial charge is 0.0524 e. The summed E-state index contributed by atoms with van der Waals surface area (Å²) in [4.78, 5) is 0. The largest absolute Gasteiger partial charge is 0.272 e. The molecule has 1 aromatic rings. The molecule has 0 saturated carbocycles. The molecule has 2 heteroatoms. The predicted octanol–water partition coefficient (Wildman–Crippen LogP) is 3.30. The molecule has 80 valence electrons. The Morgan fingerprint density at radius 1 is 1.21 bits per heavy atom. The molecule has 1 rings (SSSR count). The molecule has 1 aromatic heterocycles. The molecule has 0 N–H and O–H groups in total. The van der Waals surface area contributed by atoms with Crippen molar-refractivity contribution in [3.8, 4) is 0 Å². The summed E-state index contributed by atoms with van der Waals surface area (Å²) in [5.74, 6) is 1.96. The van der Waals surface area contributed by atoms with E-state index >= 15 is 0 Å². The maximum absolute atomic E-state index is 4.38. The Bertz CT molecular complexity index is 274. The zero-order valence-corrected chi connectivity index (χ0v) is 9.99. The standard InChI is InChI=1S/C12H22N2/c1-9(2)7-14-8-12(6-13-14)11(5)10(3)4/h6,8-11H,7H2,1-5H3/t11-/m1/s1. The van der Waals surface area contributed by atoms with Crippen LogP contribution >= 0.6 is 0 Å². The van der Waals surface area contributed by atoms with Crippen molar-refractivity contribution in [2.24, 2.45) is 11.8 Å². The van der Waals surface area contributed by atoms with E-state index in [4.69, 9.17) is 0 Å². The molecule has 1 heterocycles. The first-order valence-corrected chi connectivity index (χ1v) is 5.53. The topological polar surface area (TPSA) is 17.8 Å². The van der Waals surface area contributed by atoms with Crippen molar-refractivity contribution in [1.29, 1.82) is 0 Å². The van der Waals surface area contributed by atoms with Crippen LogP contribution in [0.25, 0.3) is 0 Å². The van der Waals surface area contributed by atoms with Crippen LogP contribution < -0.4 is 0 Å². The van der Waals surface area contributed by atoms with E-state index < -0.39 is 0 Å². The van der Waals surface area contributed by atoms with Gasteiger partial charge in [0.25, 0.3) is 0 Å². The van der Waals surface area contributed by atoms with E-state index in [9.17, 15) is 0 Å². The predicted molar refractivity (Wildman–Crippen MR) is 60.3 cm³/mol. The zero-order chi connectivity index (χ0) is 10.7. The Morgan fingerprint density at radius 2 is 1.86 bits per heavy atom. The summed E-state index contributed by atoms with van der Waals surface area (Å²) < 4.78 is 2.05. The van der Waals surface area contributed by atoms with Crippen LogP contribution in [0.3, 0.4) is 0 Å². The maximum Gasteiger partial charge on any atom is 0.0524 e. The number of nitrogens with zero attached hydrogens (tertiary/aromatic N) is 2. The lowest BCUT2D eigenvalue weighted by Gasteiger charge is -2.12. The van der Waals surface area contributed by atoms with Gasteiger partial charge in [-0.15, -0.1) is 0 Å². The second-order valence-corrected chi connectivity index (χ2v) is 4.92. The van der Waals surface area contributed by atoms with Gasteiger partial charge in [-0.05, 0) is 23.3 Å². The van der Waals surface area contributed by atoms with Gasteiger partial charge in [0.15, 0.2) is 0 Å². The molecule has 2 nitrogen and oxygen atoms in total. The van der Waals surface area contributed by atoms with E-state index in [0.717, 1.165) is 6.54 Å². The van der Waals surface area contributed by atoms with E-state index in [-0.39, 0.29) is 0 Å². The Balaban J connectivity index is 2.67. The van der Waals surface area contributed by atoms with Gasteiger partial charge in [-0.2, -0.15) is 5.10 Å². The Kier molecular flexibility index (Phi) is 3.73. The second kappa shape index (κ2) is 4.63. The van der Waals surface area contributed by atoms with Gasteiger partial charge in [-0.25, -0.2) is 0 Å². The van der Waals surface area contributed by atoms with E-state index in [1.54, 1.807) is 0 Å². The van der Waals surface area contributed by atoms with Crippen LogP contribution in [0.15, 0.2) is 12.4 Å². The number of hydrogen-bond acceptors (Lipinski definition) is 1. The summed E-state index contributed by atoms with van der Waals surface area (Å²) in [5, 5.41) is 4.38. The highest BCUT2D eigenvalue weighted by atomic mass is 15.3. The van der Waals surface area contributed by atoms with Crippen molar-refractivity contribution in [3.63, 3.8) is 0 Å². The van der Waals surface area contributed by atoms with Crippen molar-refractivity contribution >= 4 is 0 Å². The highest BCUT2D eigenvalue weighted by molar-refractivity contribution is 5.10. The molecule has 0 radical (unpaired) electrons. The number of hydrogen-bond donors (Lipinski definition) is 0. The highest BCUT2D eigenvalue weighted by Crippen LogP contribution is 2.22. The van der Waals surface area contributed by atoms with Gasteiger partial charge in [0.1, 0.15) is 0 Å². The van der Waals surface area contributed by atoms with Crippen LogP contribution in [0.1, 0.15) is 46.1 Å². The Hall–Kier alpha value is -0.790. The van der Waals surface area contributed by atoms with Gasteiger partial charge in [0.05, 0.1) is 6.20 Å². The monoisotopic (exact) mass is 194 g/mol. The van der Waals surface area contributed by atoms with Crippen molar-refractivity contribution in [3.05, 3.63) is 18.0 Å². The molecular formula is C12H22N2. The quantitative estimate of drug-likeness (QED) is 0.719. The summed E-state index contributed by atoms with van der Waals surface area (Å²) in [6.07, 6.45) is 4.19. The molecule has 14 heavy (non-hydrogen) atoms. The summed E-state index contributed by atoms with van der Waals surface area (Å²) in [6, 6.07) is 0. The molecule has 0 aromatic carbocycles. The molecule has 0 unspecified atom stereocenters. The minimum Gasteiger partial charge on any atom is -0.272 e. The third-order valence-electron chi connectivity index (χ3n) is 2.73. The third kappa shape index (κ3) is 2.86. The van der Waals surface area contributed by atoms with Gasteiger partial charge in [-0.3, -0.25) is 4.68 Å². The summed E-state index contributed by atoms with van der Waals surface area (Å²) in [5.41, 5.74) is 1.36. The average molecular weight is 194 g/mol. The minimum atomic E-state index is 0.607. The lowest BCUT2D eigenvalue weighted by molar-refractivity contribution is 0.481. The molecule has 0 aliphatic heterocycles. The molecule has 0 saturated heterocycles. The van der Waals surface area contributed by atoms with Gasteiger partial charge >= 0.3 is 0 Å². The van der Waals surface area contributed by atoms with Gasteiger partial charge in [0, 0.05) is 12.7 Å². The van der Waals surface area contributed by atoms with Gasteiger partial charge < -0.3 is 0 Å². The van der Waals surface area contributed by atoms with E-state index in [1.165, 1.54) is 5.56 Å². The molecule has 0 bridgehead atoms. The molecule has 0 aliphatic rings. The van der Waals surface area contributed by atoms with Crippen LogP contribution in [0, 0.1) is 11.8 Å². The van der Waals surface area contributed by atoms with Crippen LogP contribution in [0.4, 0.5) is 0 Å². The van der Waals surface area contributed by atoms with Crippen LogP contribution in [0.5, 0.6) is 0 Å². The first kappa shape index (κ1) is 11.3. The molecular weight excluding hydrogens is 172 g/mol. The Morgan fingerprint density at radius 3 is 2.36 bits per heavy atom. The number of rotatable bonds is 4. The normalized spacial score (nSPS) is 13.9. The molecule has 1 atom stereocenters. The molecule has 0 aliphatic carbocycles. The van der Waals surface area contributed by atoms with Crippen molar-refractivity contribution in [1.82, 2.24) is 9.78 Å². The fraction of sp³-hybridized carbons (Fsp3) is 0.750. The van der Waals surface area contributed by atoms with Crippen LogP contribution in [-0.4, -0.2) is 9.78 Å². The zero-order valence-electron chi connectivity index (χ0n) is 9.99. The minimum absolute atomic E-state index is 0.607. The fourth-order valence-corrected chi connectivity index (χ4v) is 1.47. The first-order valence-electron chi connectivity index (χ1n) is 5.53. The van der Waals surface area contributed by atoms with Crippen LogP contribution in [-0.2, 0) is 6.54 Å². The van der Waals surface area contributed by atoms with E-state index in [0.29, 0.717) is 17.8 Å². The van der Waals surface area contributed by atoms with Crippen LogP contribution in [0.2, 0.25) is 0 Å². The van der Waals surface area contributed by atoms with Crippen molar-refractivity contribution < 1.29 is 0 Å². The van der Waals surface area contributed by atoms with Crippen molar-refractivity contribution in [2.75, 3.05) is 0 Å². The molecule has 0 amide bonds. The average Bonchev–Trinajstić information content (AvgIpc) is 2.50. The van der Waals surface area contributed by atoms with E-state index in [2.05, 4.69) is 50.6 Å². The first-order chi connectivity index (χ1) is 6.50. The summed E-state index contributed by atoms with van der Waals surface area (Å²) >= 11 is 0. The van der Waals surface area contributed by atoms with Gasteiger partial charge in [-0.1, -0.05) is 34.6 Å². The Labute approximate surface area is 87.3 Å². The lowest BCUT2D eigenvalue weighted by Crippen LogP contribution is -2.05. The third-order valence-corrected chi connectivity index (χ3v) is 2.73. The molecule has 0 fully saturated rings. The maximum atomic E-state index is 4.38. The molecule has 0 spiro atoms. The fourth-order valence-electron chi connectivity index (χ4n) is 1.47. The lowest BCUT2D eigenvalue weighted by atomic mass is 9.93.